The molecule has 1 saturated heterocycles. The van der Waals surface area contributed by atoms with Crippen molar-refractivity contribution in [3.05, 3.63) is 21.9 Å². The van der Waals surface area contributed by atoms with Gasteiger partial charge in [0, 0.05) is 6.61 Å². The van der Waals surface area contributed by atoms with Gasteiger partial charge < -0.3 is 10.1 Å². The van der Waals surface area contributed by atoms with Crippen LogP contribution in [0.1, 0.15) is 18.4 Å². The Bertz CT molecular complexity index is 436. The molecule has 0 saturated carbocycles. The lowest BCUT2D eigenvalue weighted by Crippen LogP contribution is -2.30. The highest BCUT2D eigenvalue weighted by Crippen LogP contribution is 2.27. The molecule has 0 spiro atoms. The molecule has 4 nitrogen and oxygen atoms in total. The maximum Gasteiger partial charge on any atom is 0.229 e. The summed E-state index contributed by atoms with van der Waals surface area (Å²) in [6, 6.07) is 1.67. The van der Waals surface area contributed by atoms with Gasteiger partial charge >= 0.3 is 0 Å². The van der Waals surface area contributed by atoms with Crippen molar-refractivity contribution in [1.82, 2.24) is 4.98 Å². The Morgan fingerprint density at radius 1 is 1.56 bits per heavy atom. The van der Waals surface area contributed by atoms with Gasteiger partial charge in [-0.15, -0.1) is 0 Å². The summed E-state index contributed by atoms with van der Waals surface area (Å²) in [4.78, 5) is 16.0. The van der Waals surface area contributed by atoms with Crippen LogP contribution in [-0.2, 0) is 9.53 Å². The largest absolute Gasteiger partial charge is 0.381 e. The summed E-state index contributed by atoms with van der Waals surface area (Å²) in [5.74, 6) is -0.200. The van der Waals surface area contributed by atoms with Gasteiger partial charge in [0.25, 0.3) is 0 Å². The molecule has 1 amide bonds. The molecule has 1 aromatic rings. The van der Waals surface area contributed by atoms with Gasteiger partial charge in [-0.25, -0.2) is 4.98 Å². The van der Waals surface area contributed by atoms with Gasteiger partial charge in [-0.05, 0) is 31.4 Å². The molecule has 6 heteroatoms. The third-order valence-electron chi connectivity index (χ3n) is 2.92. The van der Waals surface area contributed by atoms with Crippen LogP contribution in [0.15, 0.2) is 6.07 Å². The molecule has 1 N–H and O–H groups in total. The predicted octanol–water partition coefficient (Wildman–Crippen LogP) is 3.06. The number of carbonyl (C=O) groups excluding carboxylic acids is 1. The van der Waals surface area contributed by atoms with Crippen molar-refractivity contribution >= 4 is 34.8 Å². The van der Waals surface area contributed by atoms with Crippen molar-refractivity contribution in [1.29, 1.82) is 0 Å². The number of anilines is 1. The molecular weight excluding hydrogens is 275 g/mol. The van der Waals surface area contributed by atoms with E-state index in [4.69, 9.17) is 27.9 Å². The standard InChI is InChI=1S/C12H14Cl2N2O2/c1-7-5-9(13)15-11(14)10(7)16-12(17)8-3-2-4-18-6-8/h5,8H,2-4,6H2,1H3,(H,16,17). The molecule has 2 heterocycles. The van der Waals surface area contributed by atoms with Crippen LogP contribution in [0, 0.1) is 12.8 Å². The lowest BCUT2D eigenvalue weighted by molar-refractivity contribution is -0.123. The number of aryl methyl sites for hydroxylation is 1. The lowest BCUT2D eigenvalue weighted by Gasteiger charge is -2.21. The zero-order valence-corrected chi connectivity index (χ0v) is 11.5. The Kier molecular flexibility index (Phi) is 4.43. The molecule has 1 unspecified atom stereocenters. The first kappa shape index (κ1) is 13.6. The summed E-state index contributed by atoms with van der Waals surface area (Å²) in [5, 5.41) is 3.33. The van der Waals surface area contributed by atoms with E-state index in [0.29, 0.717) is 17.4 Å². The normalized spacial score (nSPS) is 19.6. The van der Waals surface area contributed by atoms with Gasteiger partial charge in [0.2, 0.25) is 5.91 Å². The van der Waals surface area contributed by atoms with Crippen LogP contribution >= 0.6 is 23.2 Å². The van der Waals surface area contributed by atoms with Gasteiger partial charge in [0.1, 0.15) is 5.15 Å². The van der Waals surface area contributed by atoms with E-state index in [1.54, 1.807) is 6.07 Å². The van der Waals surface area contributed by atoms with Crippen molar-refractivity contribution in [3.63, 3.8) is 0 Å². The molecule has 2 rings (SSSR count). The van der Waals surface area contributed by atoms with Crippen LogP contribution in [0.3, 0.4) is 0 Å². The first-order valence-electron chi connectivity index (χ1n) is 5.79. The number of amides is 1. The summed E-state index contributed by atoms with van der Waals surface area (Å²) >= 11 is 11.8. The maximum absolute atomic E-state index is 12.0. The Morgan fingerprint density at radius 3 is 2.94 bits per heavy atom. The van der Waals surface area contributed by atoms with Crippen molar-refractivity contribution in [2.24, 2.45) is 5.92 Å². The highest BCUT2D eigenvalue weighted by Gasteiger charge is 2.23. The number of hydrogen-bond acceptors (Lipinski definition) is 3. The van der Waals surface area contributed by atoms with Crippen molar-refractivity contribution in [3.8, 4) is 0 Å². The number of hydrogen-bond donors (Lipinski definition) is 1. The summed E-state index contributed by atoms with van der Waals surface area (Å²) in [6.45, 7) is 3.02. The number of aromatic nitrogens is 1. The van der Waals surface area contributed by atoms with Crippen LogP contribution in [-0.4, -0.2) is 24.1 Å². The number of nitrogens with zero attached hydrogens (tertiary/aromatic N) is 1. The van der Waals surface area contributed by atoms with Crippen LogP contribution in [0.4, 0.5) is 5.69 Å². The average molecular weight is 289 g/mol. The molecule has 0 bridgehead atoms. The molecule has 1 aliphatic heterocycles. The van der Waals surface area contributed by atoms with Gasteiger partial charge in [0.05, 0.1) is 18.2 Å². The zero-order chi connectivity index (χ0) is 13.1. The number of ether oxygens (including phenoxy) is 1. The van der Waals surface area contributed by atoms with Gasteiger partial charge in [-0.3, -0.25) is 4.79 Å². The highest BCUT2D eigenvalue weighted by molar-refractivity contribution is 6.34. The SMILES string of the molecule is Cc1cc(Cl)nc(Cl)c1NC(=O)C1CCCOC1. The summed E-state index contributed by atoms with van der Waals surface area (Å²) in [6.07, 6.45) is 1.74. The van der Waals surface area contributed by atoms with E-state index in [0.717, 1.165) is 25.0 Å². The molecule has 0 radical (unpaired) electrons. The van der Waals surface area contributed by atoms with E-state index in [1.165, 1.54) is 0 Å². The molecule has 0 aromatic carbocycles. The minimum atomic E-state index is -0.120. The van der Waals surface area contributed by atoms with Crippen LogP contribution < -0.4 is 5.32 Å². The predicted molar refractivity (Wildman–Crippen MR) is 71.2 cm³/mol. The quantitative estimate of drug-likeness (QED) is 0.851. The Hall–Kier alpha value is -0.840. The first-order valence-corrected chi connectivity index (χ1v) is 6.55. The van der Waals surface area contributed by atoms with Crippen LogP contribution in [0.5, 0.6) is 0 Å². The van der Waals surface area contributed by atoms with Crippen molar-refractivity contribution in [2.45, 2.75) is 19.8 Å². The lowest BCUT2D eigenvalue weighted by atomic mass is 10.0. The number of nitrogens with one attached hydrogen (secondary N) is 1. The minimum absolute atomic E-state index is 0.0798. The third kappa shape index (κ3) is 3.13. The Labute approximate surface area is 116 Å². The van der Waals surface area contributed by atoms with Crippen molar-refractivity contribution in [2.75, 3.05) is 18.5 Å². The molecule has 1 atom stereocenters. The fourth-order valence-electron chi connectivity index (χ4n) is 1.92. The zero-order valence-electron chi connectivity index (χ0n) is 10.0. The number of rotatable bonds is 2. The Balaban J connectivity index is 2.11. The van der Waals surface area contributed by atoms with E-state index in [-0.39, 0.29) is 17.0 Å². The smallest absolute Gasteiger partial charge is 0.229 e. The maximum atomic E-state index is 12.0. The van der Waals surface area contributed by atoms with E-state index in [9.17, 15) is 4.79 Å². The average Bonchev–Trinajstić information content (AvgIpc) is 2.34. The molecule has 1 fully saturated rings. The minimum Gasteiger partial charge on any atom is -0.381 e. The van der Waals surface area contributed by atoms with Gasteiger partial charge in [-0.2, -0.15) is 0 Å². The van der Waals surface area contributed by atoms with E-state index >= 15 is 0 Å². The number of halogens is 2. The molecule has 98 valence electrons. The number of pyridine rings is 1. The van der Waals surface area contributed by atoms with E-state index in [2.05, 4.69) is 10.3 Å². The Morgan fingerprint density at radius 2 is 2.33 bits per heavy atom. The van der Waals surface area contributed by atoms with Crippen LogP contribution in [0.25, 0.3) is 0 Å². The third-order valence-corrected chi connectivity index (χ3v) is 3.39. The second-order valence-electron chi connectivity index (χ2n) is 4.33. The van der Waals surface area contributed by atoms with Gasteiger partial charge in [-0.1, -0.05) is 23.2 Å². The van der Waals surface area contributed by atoms with E-state index < -0.39 is 0 Å². The first-order chi connectivity index (χ1) is 8.58. The van der Waals surface area contributed by atoms with Crippen molar-refractivity contribution < 1.29 is 9.53 Å². The fourth-order valence-corrected chi connectivity index (χ4v) is 2.50. The summed E-state index contributed by atoms with van der Waals surface area (Å²) in [7, 11) is 0. The number of carbonyl (C=O) groups is 1. The fraction of sp³-hybridized carbons (Fsp3) is 0.500. The topological polar surface area (TPSA) is 51.2 Å². The monoisotopic (exact) mass is 288 g/mol. The van der Waals surface area contributed by atoms with E-state index in [1.807, 2.05) is 6.92 Å². The second kappa shape index (κ2) is 5.87. The molecule has 1 aliphatic rings. The second-order valence-corrected chi connectivity index (χ2v) is 5.08. The summed E-state index contributed by atoms with van der Waals surface area (Å²) < 4.78 is 5.29. The van der Waals surface area contributed by atoms with Crippen LogP contribution in [0.2, 0.25) is 10.3 Å². The van der Waals surface area contributed by atoms with Gasteiger partial charge in [0.15, 0.2) is 5.15 Å². The summed E-state index contributed by atoms with van der Waals surface area (Å²) in [5.41, 5.74) is 1.32. The molecule has 0 aliphatic carbocycles. The highest BCUT2D eigenvalue weighted by atomic mass is 35.5. The molecule has 18 heavy (non-hydrogen) atoms. The molecule has 1 aromatic heterocycles. The molecular formula is C12H14Cl2N2O2.